The van der Waals surface area contributed by atoms with Gasteiger partial charge in [0.15, 0.2) is 0 Å². The third-order valence-corrected chi connectivity index (χ3v) is 1.71. The summed E-state index contributed by atoms with van der Waals surface area (Å²) in [4.78, 5) is 15.4. The van der Waals surface area contributed by atoms with Crippen LogP contribution in [0.1, 0.15) is 12.5 Å². The van der Waals surface area contributed by atoms with Crippen LogP contribution >= 0.6 is 0 Å². The molecular weight excluding hydrogens is 188 g/mol. The first-order chi connectivity index (χ1) is 7.22. The van der Waals surface area contributed by atoms with Gasteiger partial charge in [-0.15, -0.1) is 0 Å². The van der Waals surface area contributed by atoms with E-state index in [9.17, 15) is 4.79 Å². The van der Waals surface area contributed by atoms with Crippen LogP contribution in [0.2, 0.25) is 0 Å². The summed E-state index contributed by atoms with van der Waals surface area (Å²) in [5, 5.41) is 2.66. The molecule has 1 N–H and O–H groups in total. The second kappa shape index (κ2) is 5.75. The zero-order chi connectivity index (χ0) is 11.1. The van der Waals surface area contributed by atoms with Gasteiger partial charge in [0.25, 0.3) is 0 Å². The highest BCUT2D eigenvalue weighted by Crippen LogP contribution is 2.03. The van der Waals surface area contributed by atoms with Crippen molar-refractivity contribution in [1.29, 1.82) is 0 Å². The molecule has 3 heteroatoms. The van der Waals surface area contributed by atoms with Gasteiger partial charge in [0.05, 0.1) is 0 Å². The number of rotatable bonds is 3. The predicted molar refractivity (Wildman–Crippen MR) is 61.6 cm³/mol. The maximum atomic E-state index is 11.3. The zero-order valence-electron chi connectivity index (χ0n) is 8.90. The Morgan fingerprint density at radius 1 is 1.40 bits per heavy atom. The number of allylic oxidation sites excluding steroid dienone is 3. The lowest BCUT2D eigenvalue weighted by molar-refractivity contribution is -0.111. The maximum Gasteiger partial charge on any atom is 0.249 e. The molecule has 1 rings (SSSR count). The first kappa shape index (κ1) is 11.2. The number of aryl methyl sites for hydroxylation is 1. The van der Waals surface area contributed by atoms with E-state index in [4.69, 9.17) is 0 Å². The normalized spacial score (nSPS) is 11.1. The SMILES string of the molecule is C/C=C/C=C/C(=O)Nc1ccc(C)cn1. The first-order valence-corrected chi connectivity index (χ1v) is 4.75. The Kier molecular flexibility index (Phi) is 4.29. The number of pyridine rings is 1. The lowest BCUT2D eigenvalue weighted by Gasteiger charge is -2.00. The predicted octanol–water partition coefficient (Wildman–Crippen LogP) is 2.46. The minimum atomic E-state index is -0.176. The molecule has 0 spiro atoms. The Bertz CT molecular complexity index is 377. The molecule has 0 radical (unpaired) electrons. The van der Waals surface area contributed by atoms with E-state index >= 15 is 0 Å². The number of nitrogens with one attached hydrogen (secondary N) is 1. The average molecular weight is 202 g/mol. The molecular formula is C12H14N2O. The van der Waals surface area contributed by atoms with Crippen LogP contribution in [0.3, 0.4) is 0 Å². The van der Waals surface area contributed by atoms with Gasteiger partial charge in [0, 0.05) is 12.3 Å². The molecule has 0 bridgehead atoms. The Morgan fingerprint density at radius 2 is 2.20 bits per heavy atom. The quantitative estimate of drug-likeness (QED) is 0.604. The van der Waals surface area contributed by atoms with Crippen molar-refractivity contribution in [1.82, 2.24) is 4.98 Å². The molecule has 0 atom stereocenters. The van der Waals surface area contributed by atoms with Crippen LogP contribution in [0.25, 0.3) is 0 Å². The van der Waals surface area contributed by atoms with E-state index in [2.05, 4.69) is 10.3 Å². The molecule has 0 saturated carbocycles. The van der Waals surface area contributed by atoms with Gasteiger partial charge in [0.1, 0.15) is 5.82 Å². The van der Waals surface area contributed by atoms with Crippen molar-refractivity contribution in [2.45, 2.75) is 13.8 Å². The smallest absolute Gasteiger partial charge is 0.249 e. The van der Waals surface area contributed by atoms with Gasteiger partial charge in [-0.1, -0.05) is 24.3 Å². The molecule has 0 aliphatic carbocycles. The number of hydrogen-bond donors (Lipinski definition) is 1. The number of nitrogens with zero attached hydrogens (tertiary/aromatic N) is 1. The molecule has 0 aliphatic rings. The number of aromatic nitrogens is 1. The zero-order valence-corrected chi connectivity index (χ0v) is 8.90. The summed E-state index contributed by atoms with van der Waals surface area (Å²) in [5.74, 6) is 0.389. The van der Waals surface area contributed by atoms with Gasteiger partial charge in [-0.05, 0) is 25.5 Å². The lowest BCUT2D eigenvalue weighted by atomic mass is 10.3. The Hall–Kier alpha value is -1.90. The van der Waals surface area contributed by atoms with E-state index in [1.165, 1.54) is 6.08 Å². The highest BCUT2D eigenvalue weighted by Gasteiger charge is 1.96. The van der Waals surface area contributed by atoms with Crippen molar-refractivity contribution in [3.05, 3.63) is 48.2 Å². The molecule has 15 heavy (non-hydrogen) atoms. The van der Waals surface area contributed by atoms with Crippen LogP contribution in [0.4, 0.5) is 5.82 Å². The van der Waals surface area contributed by atoms with Crippen molar-refractivity contribution < 1.29 is 4.79 Å². The minimum Gasteiger partial charge on any atom is -0.307 e. The lowest BCUT2D eigenvalue weighted by Crippen LogP contribution is -2.08. The van der Waals surface area contributed by atoms with E-state index in [0.29, 0.717) is 5.82 Å². The van der Waals surface area contributed by atoms with E-state index in [0.717, 1.165) is 5.56 Å². The number of carbonyl (C=O) groups excluding carboxylic acids is 1. The highest BCUT2D eigenvalue weighted by atomic mass is 16.1. The molecule has 3 nitrogen and oxygen atoms in total. The summed E-state index contributed by atoms with van der Waals surface area (Å²) >= 11 is 0. The fourth-order valence-electron chi connectivity index (χ4n) is 0.964. The second-order valence-corrected chi connectivity index (χ2v) is 3.09. The average Bonchev–Trinajstić information content (AvgIpc) is 2.22. The van der Waals surface area contributed by atoms with E-state index in [1.54, 1.807) is 24.4 Å². The number of carbonyl (C=O) groups is 1. The van der Waals surface area contributed by atoms with E-state index in [-0.39, 0.29) is 5.91 Å². The molecule has 0 aliphatic heterocycles. The molecule has 0 unspecified atom stereocenters. The van der Waals surface area contributed by atoms with Crippen molar-refractivity contribution >= 4 is 11.7 Å². The van der Waals surface area contributed by atoms with Gasteiger partial charge in [-0.25, -0.2) is 4.98 Å². The Morgan fingerprint density at radius 3 is 2.80 bits per heavy atom. The summed E-state index contributed by atoms with van der Waals surface area (Å²) in [6.07, 6.45) is 8.51. The van der Waals surface area contributed by atoms with Crippen LogP contribution in [-0.4, -0.2) is 10.9 Å². The van der Waals surface area contributed by atoms with Gasteiger partial charge in [0.2, 0.25) is 5.91 Å². The summed E-state index contributed by atoms with van der Waals surface area (Å²) in [5.41, 5.74) is 1.07. The van der Waals surface area contributed by atoms with Crippen molar-refractivity contribution in [2.24, 2.45) is 0 Å². The molecule has 0 aromatic carbocycles. The molecule has 1 amide bonds. The van der Waals surface area contributed by atoms with Gasteiger partial charge in [-0.3, -0.25) is 4.79 Å². The first-order valence-electron chi connectivity index (χ1n) is 4.75. The Balaban J connectivity index is 2.55. The van der Waals surface area contributed by atoms with E-state index in [1.807, 2.05) is 26.0 Å². The fourth-order valence-corrected chi connectivity index (χ4v) is 0.964. The standard InChI is InChI=1S/C12H14N2O/c1-3-4-5-6-12(15)14-11-8-7-10(2)9-13-11/h3-9H,1-2H3,(H,13,14,15)/b4-3+,6-5+. The number of anilines is 1. The second-order valence-electron chi connectivity index (χ2n) is 3.09. The van der Waals surface area contributed by atoms with Crippen LogP contribution in [0.5, 0.6) is 0 Å². The van der Waals surface area contributed by atoms with Crippen molar-refractivity contribution in [3.8, 4) is 0 Å². The monoisotopic (exact) mass is 202 g/mol. The minimum absolute atomic E-state index is 0.176. The summed E-state index contributed by atoms with van der Waals surface area (Å²) < 4.78 is 0. The van der Waals surface area contributed by atoms with Crippen molar-refractivity contribution in [3.63, 3.8) is 0 Å². The molecule has 0 fully saturated rings. The van der Waals surface area contributed by atoms with Crippen LogP contribution < -0.4 is 5.32 Å². The van der Waals surface area contributed by atoms with Crippen LogP contribution in [-0.2, 0) is 4.79 Å². The van der Waals surface area contributed by atoms with Crippen LogP contribution in [0, 0.1) is 6.92 Å². The summed E-state index contributed by atoms with van der Waals surface area (Å²) in [6.45, 7) is 3.84. The third-order valence-electron chi connectivity index (χ3n) is 1.71. The van der Waals surface area contributed by atoms with Gasteiger partial charge < -0.3 is 5.32 Å². The largest absolute Gasteiger partial charge is 0.307 e. The van der Waals surface area contributed by atoms with Crippen molar-refractivity contribution in [2.75, 3.05) is 5.32 Å². The fraction of sp³-hybridized carbons (Fsp3) is 0.167. The Labute approximate surface area is 89.5 Å². The topological polar surface area (TPSA) is 42.0 Å². The maximum absolute atomic E-state index is 11.3. The van der Waals surface area contributed by atoms with Gasteiger partial charge in [-0.2, -0.15) is 0 Å². The van der Waals surface area contributed by atoms with Gasteiger partial charge >= 0.3 is 0 Å². The van der Waals surface area contributed by atoms with Crippen LogP contribution in [0.15, 0.2) is 42.6 Å². The summed E-state index contributed by atoms with van der Waals surface area (Å²) in [7, 11) is 0. The molecule has 1 heterocycles. The molecule has 1 aromatic rings. The summed E-state index contributed by atoms with van der Waals surface area (Å²) in [6, 6.07) is 3.68. The number of hydrogen-bond acceptors (Lipinski definition) is 2. The third kappa shape index (κ3) is 4.22. The molecule has 1 aromatic heterocycles. The highest BCUT2D eigenvalue weighted by molar-refractivity contribution is 5.98. The van der Waals surface area contributed by atoms with E-state index < -0.39 is 0 Å². The molecule has 78 valence electrons. The molecule has 0 saturated heterocycles. The number of amides is 1.